The SMILES string of the molecule is CCC(Cl)C(C)Cc1c(Cl)cccc1[N+](=O)[O-]. The maximum Gasteiger partial charge on any atom is 0.274 e. The molecular weight excluding hydrogens is 261 g/mol. The van der Waals surface area contributed by atoms with Crippen LogP contribution >= 0.6 is 23.2 Å². The molecule has 0 aromatic heterocycles. The Kier molecular flexibility index (Phi) is 5.22. The Morgan fingerprint density at radius 2 is 2.12 bits per heavy atom. The number of nitro benzene ring substituents is 1. The van der Waals surface area contributed by atoms with Crippen LogP contribution in [0.4, 0.5) is 5.69 Å². The van der Waals surface area contributed by atoms with E-state index in [4.69, 9.17) is 23.2 Å². The van der Waals surface area contributed by atoms with E-state index in [1.165, 1.54) is 6.07 Å². The van der Waals surface area contributed by atoms with E-state index in [0.717, 1.165) is 6.42 Å². The smallest absolute Gasteiger partial charge is 0.258 e. The number of hydrogen-bond acceptors (Lipinski definition) is 2. The number of nitro groups is 1. The maximum absolute atomic E-state index is 10.9. The van der Waals surface area contributed by atoms with Crippen LogP contribution in [0.1, 0.15) is 25.8 Å². The maximum atomic E-state index is 10.9. The second-order valence-electron chi connectivity index (χ2n) is 4.10. The van der Waals surface area contributed by atoms with Gasteiger partial charge in [-0.15, -0.1) is 11.6 Å². The van der Waals surface area contributed by atoms with Crippen molar-refractivity contribution in [3.8, 4) is 0 Å². The van der Waals surface area contributed by atoms with Crippen LogP contribution in [0.5, 0.6) is 0 Å². The van der Waals surface area contributed by atoms with E-state index >= 15 is 0 Å². The van der Waals surface area contributed by atoms with Crippen LogP contribution in [0, 0.1) is 16.0 Å². The molecule has 0 radical (unpaired) electrons. The number of benzene rings is 1. The van der Waals surface area contributed by atoms with Gasteiger partial charge in [-0.25, -0.2) is 0 Å². The summed E-state index contributed by atoms with van der Waals surface area (Å²) in [5, 5.41) is 11.4. The van der Waals surface area contributed by atoms with Crippen LogP contribution in [0.3, 0.4) is 0 Å². The molecule has 17 heavy (non-hydrogen) atoms. The topological polar surface area (TPSA) is 43.1 Å². The van der Waals surface area contributed by atoms with Crippen LogP contribution in [-0.2, 0) is 6.42 Å². The lowest BCUT2D eigenvalue weighted by molar-refractivity contribution is -0.385. The fraction of sp³-hybridized carbons (Fsp3) is 0.500. The van der Waals surface area contributed by atoms with E-state index in [0.29, 0.717) is 17.0 Å². The Balaban J connectivity index is 3.00. The molecule has 0 N–H and O–H groups in total. The lowest BCUT2D eigenvalue weighted by Crippen LogP contribution is -2.14. The van der Waals surface area contributed by atoms with E-state index in [2.05, 4.69) is 0 Å². The molecule has 0 aliphatic heterocycles. The van der Waals surface area contributed by atoms with Crippen molar-refractivity contribution in [1.29, 1.82) is 0 Å². The van der Waals surface area contributed by atoms with Crippen LogP contribution in [0.2, 0.25) is 5.02 Å². The number of halogens is 2. The third-order valence-electron chi connectivity index (χ3n) is 2.82. The Hall–Kier alpha value is -0.800. The van der Waals surface area contributed by atoms with Gasteiger partial charge in [-0.1, -0.05) is 31.5 Å². The highest BCUT2D eigenvalue weighted by Gasteiger charge is 2.21. The van der Waals surface area contributed by atoms with Crippen molar-refractivity contribution in [3.05, 3.63) is 38.9 Å². The standard InChI is InChI=1S/C12H15Cl2NO2/c1-3-10(13)8(2)7-9-11(14)5-4-6-12(9)15(16)17/h4-6,8,10H,3,7H2,1-2H3. The van der Waals surface area contributed by atoms with Gasteiger partial charge in [-0.2, -0.15) is 0 Å². The molecule has 0 saturated heterocycles. The van der Waals surface area contributed by atoms with Crippen LogP contribution in [0.15, 0.2) is 18.2 Å². The molecule has 0 heterocycles. The minimum absolute atomic E-state index is 0.00544. The minimum atomic E-state index is -0.400. The fourth-order valence-electron chi connectivity index (χ4n) is 1.77. The molecule has 1 aromatic rings. The van der Waals surface area contributed by atoms with E-state index in [1.807, 2.05) is 13.8 Å². The van der Waals surface area contributed by atoms with Crippen molar-refractivity contribution in [2.45, 2.75) is 32.1 Å². The molecule has 0 aliphatic rings. The molecule has 0 amide bonds. The third kappa shape index (κ3) is 3.58. The molecule has 94 valence electrons. The van der Waals surface area contributed by atoms with E-state index in [-0.39, 0.29) is 17.0 Å². The Morgan fingerprint density at radius 3 is 2.65 bits per heavy atom. The summed E-state index contributed by atoms with van der Waals surface area (Å²) in [5.41, 5.74) is 0.648. The first-order chi connectivity index (χ1) is 7.97. The predicted octanol–water partition coefficient (Wildman–Crippen LogP) is 4.44. The molecule has 1 rings (SSSR count). The molecule has 0 bridgehead atoms. The highest BCUT2D eigenvalue weighted by Crippen LogP contribution is 2.30. The first kappa shape index (κ1) is 14.3. The number of nitrogens with zero attached hydrogens (tertiary/aromatic N) is 1. The summed E-state index contributed by atoms with van der Waals surface area (Å²) in [5.74, 6) is 0.153. The van der Waals surface area contributed by atoms with Gasteiger partial charge in [0.05, 0.1) is 9.95 Å². The van der Waals surface area contributed by atoms with Crippen molar-refractivity contribution < 1.29 is 4.92 Å². The lowest BCUT2D eigenvalue weighted by atomic mass is 9.95. The van der Waals surface area contributed by atoms with Crippen LogP contribution < -0.4 is 0 Å². The fourth-order valence-corrected chi connectivity index (χ4v) is 2.11. The molecule has 3 nitrogen and oxygen atoms in total. The normalized spacial score (nSPS) is 14.4. The van der Waals surface area contributed by atoms with Crippen molar-refractivity contribution >= 4 is 28.9 Å². The zero-order valence-electron chi connectivity index (χ0n) is 9.82. The summed E-state index contributed by atoms with van der Waals surface area (Å²) in [7, 11) is 0. The van der Waals surface area contributed by atoms with E-state index in [1.54, 1.807) is 12.1 Å². The van der Waals surface area contributed by atoms with Gasteiger partial charge < -0.3 is 0 Å². The molecule has 2 atom stereocenters. The largest absolute Gasteiger partial charge is 0.274 e. The summed E-state index contributed by atoms with van der Waals surface area (Å²) >= 11 is 12.2. The molecule has 0 spiro atoms. The quantitative estimate of drug-likeness (QED) is 0.453. The average Bonchev–Trinajstić information content (AvgIpc) is 2.30. The first-order valence-electron chi connectivity index (χ1n) is 5.53. The average molecular weight is 276 g/mol. The Labute approximate surface area is 111 Å². The van der Waals surface area contributed by atoms with Crippen molar-refractivity contribution in [2.24, 2.45) is 5.92 Å². The number of alkyl halides is 1. The second-order valence-corrected chi connectivity index (χ2v) is 5.07. The monoisotopic (exact) mass is 275 g/mol. The van der Waals surface area contributed by atoms with Gasteiger partial charge >= 0.3 is 0 Å². The van der Waals surface area contributed by atoms with Crippen molar-refractivity contribution in [1.82, 2.24) is 0 Å². The zero-order valence-corrected chi connectivity index (χ0v) is 11.3. The Bertz CT molecular complexity index is 409. The van der Waals surface area contributed by atoms with Gasteiger partial charge in [0.25, 0.3) is 5.69 Å². The van der Waals surface area contributed by atoms with Crippen LogP contribution in [0.25, 0.3) is 0 Å². The number of hydrogen-bond donors (Lipinski definition) is 0. The van der Waals surface area contributed by atoms with Gasteiger partial charge in [0.15, 0.2) is 0 Å². The van der Waals surface area contributed by atoms with Crippen molar-refractivity contribution in [3.63, 3.8) is 0 Å². The molecule has 2 unspecified atom stereocenters. The van der Waals surface area contributed by atoms with Gasteiger partial charge in [-0.05, 0) is 24.8 Å². The van der Waals surface area contributed by atoms with Gasteiger partial charge in [-0.3, -0.25) is 10.1 Å². The Morgan fingerprint density at radius 1 is 1.47 bits per heavy atom. The summed E-state index contributed by atoms with van der Waals surface area (Å²) in [6.07, 6.45) is 1.36. The molecule has 1 aromatic carbocycles. The lowest BCUT2D eigenvalue weighted by Gasteiger charge is -2.16. The van der Waals surface area contributed by atoms with Crippen LogP contribution in [-0.4, -0.2) is 10.3 Å². The predicted molar refractivity (Wildman–Crippen MR) is 70.9 cm³/mol. The van der Waals surface area contributed by atoms with Crippen molar-refractivity contribution in [2.75, 3.05) is 0 Å². The van der Waals surface area contributed by atoms with E-state index < -0.39 is 4.92 Å². The third-order valence-corrected chi connectivity index (χ3v) is 3.92. The molecule has 5 heteroatoms. The van der Waals surface area contributed by atoms with Gasteiger partial charge in [0.1, 0.15) is 0 Å². The summed E-state index contributed by atoms with van der Waals surface area (Å²) in [4.78, 5) is 10.5. The van der Waals surface area contributed by atoms with E-state index in [9.17, 15) is 10.1 Å². The molecule has 0 aliphatic carbocycles. The minimum Gasteiger partial charge on any atom is -0.258 e. The number of rotatable bonds is 5. The summed E-state index contributed by atoms with van der Waals surface area (Å²) in [6, 6.07) is 4.74. The van der Waals surface area contributed by atoms with Gasteiger partial charge in [0.2, 0.25) is 0 Å². The first-order valence-corrected chi connectivity index (χ1v) is 6.34. The molecule has 0 fully saturated rings. The summed E-state index contributed by atoms with van der Waals surface area (Å²) < 4.78 is 0. The highest BCUT2D eigenvalue weighted by molar-refractivity contribution is 6.31. The molecular formula is C12H15Cl2NO2. The summed E-state index contributed by atoms with van der Waals surface area (Å²) in [6.45, 7) is 3.98. The zero-order chi connectivity index (χ0) is 13.0. The molecule has 0 saturated carbocycles. The highest BCUT2D eigenvalue weighted by atomic mass is 35.5. The second kappa shape index (κ2) is 6.22. The van der Waals surface area contributed by atoms with Gasteiger partial charge in [0, 0.05) is 17.0 Å².